The van der Waals surface area contributed by atoms with E-state index in [-0.39, 0.29) is 6.03 Å². The molecule has 4 aromatic rings. The second kappa shape index (κ2) is 9.54. The van der Waals surface area contributed by atoms with Gasteiger partial charge in [-0.2, -0.15) is 5.10 Å². The van der Waals surface area contributed by atoms with Gasteiger partial charge in [0.2, 0.25) is 0 Å². The number of aromatic nitrogens is 2. The summed E-state index contributed by atoms with van der Waals surface area (Å²) in [5.41, 5.74) is 5.15. The van der Waals surface area contributed by atoms with Crippen molar-refractivity contribution >= 4 is 17.5 Å². The third-order valence-electron chi connectivity index (χ3n) is 4.77. The van der Waals surface area contributed by atoms with Crippen LogP contribution in [-0.4, -0.2) is 23.3 Å². The van der Waals surface area contributed by atoms with Crippen LogP contribution < -0.4 is 15.4 Å². The molecule has 0 saturated carbocycles. The van der Waals surface area contributed by atoms with Crippen LogP contribution in [0, 0.1) is 18.8 Å². The molecular weight excluding hydrogens is 400 g/mol. The summed E-state index contributed by atoms with van der Waals surface area (Å²) in [6.45, 7) is 1.98. The molecule has 0 radical (unpaired) electrons. The molecule has 3 aromatic carbocycles. The first-order valence-electron chi connectivity index (χ1n) is 10.1. The molecule has 0 atom stereocenters. The van der Waals surface area contributed by atoms with Gasteiger partial charge in [0.1, 0.15) is 5.75 Å². The van der Waals surface area contributed by atoms with Crippen molar-refractivity contribution in [2.24, 2.45) is 0 Å². The van der Waals surface area contributed by atoms with Crippen molar-refractivity contribution in [3.8, 4) is 28.8 Å². The van der Waals surface area contributed by atoms with Gasteiger partial charge in [0.05, 0.1) is 12.8 Å². The number of benzene rings is 3. The average Bonchev–Trinajstić information content (AvgIpc) is 3.27. The number of carbonyl (C=O) groups is 1. The van der Waals surface area contributed by atoms with Gasteiger partial charge in [-0.25, -0.2) is 4.79 Å². The molecule has 3 N–H and O–H groups in total. The topological polar surface area (TPSA) is 79.0 Å². The Kier molecular flexibility index (Phi) is 6.19. The van der Waals surface area contributed by atoms with E-state index >= 15 is 0 Å². The van der Waals surface area contributed by atoms with Crippen LogP contribution in [-0.2, 0) is 0 Å². The van der Waals surface area contributed by atoms with Crippen LogP contribution in [0.2, 0.25) is 0 Å². The van der Waals surface area contributed by atoms with Gasteiger partial charge in [0.25, 0.3) is 0 Å². The second-order valence-corrected chi connectivity index (χ2v) is 7.13. The number of rotatable bonds is 4. The molecule has 158 valence electrons. The number of H-pyrrole nitrogens is 1. The van der Waals surface area contributed by atoms with Gasteiger partial charge >= 0.3 is 6.03 Å². The lowest BCUT2D eigenvalue weighted by Crippen LogP contribution is -2.19. The molecule has 0 fully saturated rings. The fourth-order valence-electron chi connectivity index (χ4n) is 3.20. The van der Waals surface area contributed by atoms with Crippen LogP contribution >= 0.6 is 0 Å². The molecular formula is C26H22N4O2. The zero-order valence-corrected chi connectivity index (χ0v) is 17.8. The third-order valence-corrected chi connectivity index (χ3v) is 4.77. The first kappa shape index (κ1) is 20.8. The van der Waals surface area contributed by atoms with E-state index < -0.39 is 0 Å². The van der Waals surface area contributed by atoms with E-state index in [1.807, 2.05) is 79.7 Å². The van der Waals surface area contributed by atoms with Crippen molar-refractivity contribution in [1.82, 2.24) is 10.2 Å². The summed E-state index contributed by atoms with van der Waals surface area (Å²) >= 11 is 0. The molecule has 6 nitrogen and oxygen atoms in total. The number of ether oxygens (including phenoxy) is 1. The van der Waals surface area contributed by atoms with Crippen molar-refractivity contribution in [1.29, 1.82) is 0 Å². The monoisotopic (exact) mass is 422 g/mol. The minimum Gasteiger partial charge on any atom is -0.496 e. The number of anilines is 2. The van der Waals surface area contributed by atoms with Crippen LogP contribution in [0.25, 0.3) is 11.3 Å². The van der Waals surface area contributed by atoms with Gasteiger partial charge < -0.3 is 10.1 Å². The highest BCUT2D eigenvalue weighted by atomic mass is 16.5. The molecule has 0 saturated heterocycles. The molecule has 4 rings (SSSR count). The third kappa shape index (κ3) is 5.15. The van der Waals surface area contributed by atoms with E-state index in [0.717, 1.165) is 33.7 Å². The first-order valence-corrected chi connectivity index (χ1v) is 10.1. The van der Waals surface area contributed by atoms with Crippen molar-refractivity contribution < 1.29 is 9.53 Å². The molecule has 6 heteroatoms. The Bertz CT molecular complexity index is 1300. The number of nitrogens with zero attached hydrogens (tertiary/aromatic N) is 1. The summed E-state index contributed by atoms with van der Waals surface area (Å²) in [6.07, 6.45) is 0. The predicted octanol–water partition coefficient (Wildman–Crippen LogP) is 5.44. The molecule has 0 unspecified atom stereocenters. The molecule has 0 bridgehead atoms. The van der Waals surface area contributed by atoms with Crippen molar-refractivity contribution in [3.63, 3.8) is 0 Å². The van der Waals surface area contributed by atoms with Gasteiger partial charge in [-0.05, 0) is 61.0 Å². The Hall–Kier alpha value is -4.50. The van der Waals surface area contributed by atoms with Gasteiger partial charge in [-0.15, -0.1) is 0 Å². The molecule has 1 aromatic heterocycles. The summed E-state index contributed by atoms with van der Waals surface area (Å²) in [4.78, 5) is 12.4. The minimum atomic E-state index is -0.387. The van der Waals surface area contributed by atoms with Gasteiger partial charge in [0, 0.05) is 28.4 Å². The number of amides is 2. The van der Waals surface area contributed by atoms with Crippen LogP contribution in [0.15, 0.2) is 78.9 Å². The number of methoxy groups -OCH3 is 1. The summed E-state index contributed by atoms with van der Waals surface area (Å²) in [5, 5.41) is 12.7. The van der Waals surface area contributed by atoms with Crippen LogP contribution in [0.1, 0.15) is 16.7 Å². The largest absolute Gasteiger partial charge is 0.496 e. The SMILES string of the molecule is COc1ccc(-c2cc(NC(=O)Nc3cccc(C#Cc4ccccc4)c3)n[nH]2)cc1C. The zero-order chi connectivity index (χ0) is 22.3. The first-order chi connectivity index (χ1) is 15.6. The Balaban J connectivity index is 1.40. The number of aromatic amines is 1. The Morgan fingerprint density at radius 2 is 1.69 bits per heavy atom. The average molecular weight is 422 g/mol. The lowest BCUT2D eigenvalue weighted by molar-refractivity contribution is 0.262. The summed E-state index contributed by atoms with van der Waals surface area (Å²) in [7, 11) is 1.64. The van der Waals surface area contributed by atoms with E-state index in [4.69, 9.17) is 4.74 Å². The number of hydrogen-bond donors (Lipinski definition) is 3. The van der Waals surface area contributed by atoms with E-state index in [0.29, 0.717) is 11.5 Å². The normalized spacial score (nSPS) is 10.1. The lowest BCUT2D eigenvalue weighted by Gasteiger charge is -2.06. The van der Waals surface area contributed by atoms with Crippen molar-refractivity contribution in [2.45, 2.75) is 6.92 Å². The fraction of sp³-hybridized carbons (Fsp3) is 0.0769. The van der Waals surface area contributed by atoms with Crippen LogP contribution in [0.3, 0.4) is 0 Å². The highest BCUT2D eigenvalue weighted by Gasteiger charge is 2.09. The zero-order valence-electron chi connectivity index (χ0n) is 17.8. The van der Waals surface area contributed by atoms with E-state index in [1.165, 1.54) is 0 Å². The van der Waals surface area contributed by atoms with Crippen molar-refractivity contribution in [2.75, 3.05) is 17.7 Å². The smallest absolute Gasteiger partial charge is 0.324 e. The van der Waals surface area contributed by atoms with Crippen molar-refractivity contribution in [3.05, 3.63) is 95.6 Å². The number of aryl methyl sites for hydroxylation is 1. The summed E-state index contributed by atoms with van der Waals surface area (Å²) in [6, 6.07) is 24.4. The second-order valence-electron chi connectivity index (χ2n) is 7.13. The van der Waals surface area contributed by atoms with Crippen LogP contribution in [0.5, 0.6) is 5.75 Å². The Morgan fingerprint density at radius 1 is 0.906 bits per heavy atom. The standard InChI is InChI=1S/C26H22N4O2/c1-18-15-21(13-14-24(18)32-2)23-17-25(30-29-23)28-26(31)27-22-10-6-9-20(16-22)12-11-19-7-4-3-5-8-19/h3-10,13-17H,1-2H3,(H3,27,28,29,30,31). The Labute approximate surface area is 186 Å². The molecule has 0 aliphatic heterocycles. The molecule has 0 spiro atoms. The maximum Gasteiger partial charge on any atom is 0.324 e. The van der Waals surface area contributed by atoms with E-state index in [2.05, 4.69) is 32.7 Å². The Morgan fingerprint density at radius 3 is 2.47 bits per heavy atom. The number of carbonyl (C=O) groups excluding carboxylic acids is 1. The summed E-state index contributed by atoms with van der Waals surface area (Å²) < 4.78 is 5.30. The number of nitrogens with one attached hydrogen (secondary N) is 3. The highest BCUT2D eigenvalue weighted by molar-refractivity contribution is 5.99. The van der Waals surface area contributed by atoms with Gasteiger partial charge in [-0.3, -0.25) is 10.4 Å². The van der Waals surface area contributed by atoms with E-state index in [1.54, 1.807) is 13.2 Å². The van der Waals surface area contributed by atoms with Gasteiger partial charge in [-0.1, -0.05) is 36.1 Å². The highest BCUT2D eigenvalue weighted by Crippen LogP contribution is 2.26. The number of hydrogen-bond acceptors (Lipinski definition) is 3. The predicted molar refractivity (Wildman–Crippen MR) is 127 cm³/mol. The molecule has 0 aliphatic carbocycles. The molecule has 0 aliphatic rings. The minimum absolute atomic E-state index is 0.387. The van der Waals surface area contributed by atoms with Gasteiger partial charge in [0.15, 0.2) is 5.82 Å². The maximum atomic E-state index is 12.4. The lowest BCUT2D eigenvalue weighted by atomic mass is 10.1. The number of urea groups is 1. The quantitative estimate of drug-likeness (QED) is 0.383. The fourth-order valence-corrected chi connectivity index (χ4v) is 3.20. The van der Waals surface area contributed by atoms with E-state index in [9.17, 15) is 4.79 Å². The molecule has 1 heterocycles. The molecule has 2 amide bonds. The van der Waals surface area contributed by atoms with Crippen LogP contribution in [0.4, 0.5) is 16.3 Å². The summed E-state index contributed by atoms with van der Waals surface area (Å²) in [5.74, 6) is 7.46. The maximum absolute atomic E-state index is 12.4. The molecule has 32 heavy (non-hydrogen) atoms.